The molecule has 0 bridgehead atoms. The van der Waals surface area contributed by atoms with Crippen LogP contribution in [-0.2, 0) is 0 Å². The van der Waals surface area contributed by atoms with Crippen LogP contribution in [0.3, 0.4) is 0 Å². The van der Waals surface area contributed by atoms with E-state index in [9.17, 15) is 9.90 Å². The number of nitrogens with two attached hydrogens (primary N) is 2. The molecule has 0 spiro atoms. The van der Waals surface area contributed by atoms with Crippen molar-refractivity contribution in [3.63, 3.8) is 0 Å². The average molecular weight is 362 g/mol. The van der Waals surface area contributed by atoms with Gasteiger partial charge in [0.15, 0.2) is 0 Å². The Kier molecular flexibility index (Phi) is 4.24. The van der Waals surface area contributed by atoms with Gasteiger partial charge in [-0.25, -0.2) is 0 Å². The molecule has 1 amide bonds. The molecule has 0 unspecified atom stereocenters. The van der Waals surface area contributed by atoms with E-state index in [-0.39, 0.29) is 11.7 Å². The second-order valence-electron chi connectivity index (χ2n) is 6.78. The van der Waals surface area contributed by atoms with Gasteiger partial charge < -0.3 is 26.4 Å². The molecule has 0 atom stereocenters. The summed E-state index contributed by atoms with van der Waals surface area (Å²) in [5, 5.41) is 12.2. The molecule has 4 rings (SSSR count). The normalized spacial score (nSPS) is 14.5. The Morgan fingerprint density at radius 1 is 0.889 bits per heavy atom. The number of rotatable bonds is 2. The molecule has 3 aromatic carbocycles. The fourth-order valence-electron chi connectivity index (χ4n) is 3.52. The van der Waals surface area contributed by atoms with Gasteiger partial charge in [-0.2, -0.15) is 0 Å². The number of phenols is 1. The van der Waals surface area contributed by atoms with Crippen LogP contribution >= 0.6 is 0 Å². The second-order valence-corrected chi connectivity index (χ2v) is 6.78. The number of nitrogens with zero attached hydrogens (tertiary/aromatic N) is 2. The van der Waals surface area contributed by atoms with Crippen molar-refractivity contribution in [1.82, 2.24) is 4.90 Å². The zero-order valence-electron chi connectivity index (χ0n) is 14.9. The second kappa shape index (κ2) is 6.72. The summed E-state index contributed by atoms with van der Waals surface area (Å²) in [5.74, 6) is -0.0958. The van der Waals surface area contributed by atoms with E-state index in [1.807, 2.05) is 42.5 Å². The lowest BCUT2D eigenvalue weighted by molar-refractivity contribution is 0.0744. The SMILES string of the molecule is Nc1ccc(N2CCN(C(=O)c3ccc4ccccc4c3O)CC2)cc1N. The van der Waals surface area contributed by atoms with E-state index in [1.165, 1.54) is 0 Å². The van der Waals surface area contributed by atoms with E-state index in [2.05, 4.69) is 4.90 Å². The topological polar surface area (TPSA) is 95.8 Å². The van der Waals surface area contributed by atoms with Gasteiger partial charge in [-0.05, 0) is 29.7 Å². The first-order valence-corrected chi connectivity index (χ1v) is 8.94. The number of benzene rings is 3. The van der Waals surface area contributed by atoms with E-state index >= 15 is 0 Å². The number of anilines is 3. The minimum Gasteiger partial charge on any atom is -0.506 e. The predicted octanol–water partition coefficient (Wildman–Crippen LogP) is 2.67. The number of aromatic hydroxyl groups is 1. The summed E-state index contributed by atoms with van der Waals surface area (Å²) >= 11 is 0. The van der Waals surface area contributed by atoms with Crippen molar-refractivity contribution in [3.8, 4) is 5.75 Å². The quantitative estimate of drug-likeness (QED) is 0.609. The summed E-state index contributed by atoms with van der Waals surface area (Å²) in [4.78, 5) is 16.9. The Balaban J connectivity index is 1.50. The van der Waals surface area contributed by atoms with Gasteiger partial charge in [0.25, 0.3) is 5.91 Å². The molecule has 1 heterocycles. The first-order valence-electron chi connectivity index (χ1n) is 8.94. The molecule has 3 aromatic rings. The molecule has 1 aliphatic rings. The highest BCUT2D eigenvalue weighted by atomic mass is 16.3. The molecule has 0 aromatic heterocycles. The number of piperazine rings is 1. The molecular weight excluding hydrogens is 340 g/mol. The van der Waals surface area contributed by atoms with Crippen LogP contribution in [0.25, 0.3) is 10.8 Å². The van der Waals surface area contributed by atoms with Gasteiger partial charge in [0.1, 0.15) is 5.75 Å². The fourth-order valence-corrected chi connectivity index (χ4v) is 3.52. The fraction of sp³-hybridized carbons (Fsp3) is 0.190. The molecule has 6 nitrogen and oxygen atoms in total. The van der Waals surface area contributed by atoms with Crippen molar-refractivity contribution in [3.05, 3.63) is 60.2 Å². The van der Waals surface area contributed by atoms with Crippen LogP contribution < -0.4 is 16.4 Å². The number of phenolic OH excluding ortho intramolecular Hbond substituents is 1. The number of fused-ring (bicyclic) bond motifs is 1. The van der Waals surface area contributed by atoms with Gasteiger partial charge in [0, 0.05) is 37.3 Å². The Bertz CT molecular complexity index is 1010. The van der Waals surface area contributed by atoms with Gasteiger partial charge in [-0.15, -0.1) is 0 Å². The minimum absolute atomic E-state index is 0.0480. The van der Waals surface area contributed by atoms with Crippen molar-refractivity contribution in [2.75, 3.05) is 42.5 Å². The molecule has 0 saturated carbocycles. The van der Waals surface area contributed by atoms with Gasteiger partial charge in [0.05, 0.1) is 16.9 Å². The van der Waals surface area contributed by atoms with Crippen LogP contribution in [0.1, 0.15) is 10.4 Å². The predicted molar refractivity (Wildman–Crippen MR) is 109 cm³/mol. The maximum Gasteiger partial charge on any atom is 0.257 e. The summed E-state index contributed by atoms with van der Waals surface area (Å²) in [6.07, 6.45) is 0. The third-order valence-corrected chi connectivity index (χ3v) is 5.13. The van der Waals surface area contributed by atoms with Gasteiger partial charge >= 0.3 is 0 Å². The highest BCUT2D eigenvalue weighted by Gasteiger charge is 2.25. The van der Waals surface area contributed by atoms with Crippen molar-refractivity contribution in [1.29, 1.82) is 0 Å². The smallest absolute Gasteiger partial charge is 0.257 e. The van der Waals surface area contributed by atoms with E-state index in [0.29, 0.717) is 48.5 Å². The third kappa shape index (κ3) is 3.10. The minimum atomic E-state index is -0.144. The maximum absolute atomic E-state index is 12.9. The van der Waals surface area contributed by atoms with E-state index in [4.69, 9.17) is 11.5 Å². The zero-order chi connectivity index (χ0) is 19.0. The molecule has 5 N–H and O–H groups in total. The lowest BCUT2D eigenvalue weighted by Crippen LogP contribution is -2.48. The number of amides is 1. The maximum atomic E-state index is 12.9. The van der Waals surface area contributed by atoms with Crippen LogP contribution in [-0.4, -0.2) is 42.1 Å². The Morgan fingerprint density at radius 3 is 2.37 bits per heavy atom. The van der Waals surface area contributed by atoms with Crippen molar-refractivity contribution in [2.24, 2.45) is 0 Å². The molecule has 27 heavy (non-hydrogen) atoms. The standard InChI is InChI=1S/C21H22N4O2/c22-18-8-6-15(13-19(18)23)24-9-11-25(12-10-24)21(27)17-7-5-14-3-1-2-4-16(14)20(17)26/h1-8,13,26H,9-12,22-23H2. The largest absolute Gasteiger partial charge is 0.506 e. The van der Waals surface area contributed by atoms with Crippen LogP contribution in [0, 0.1) is 0 Å². The molecule has 1 fully saturated rings. The molecule has 0 radical (unpaired) electrons. The number of carbonyl (C=O) groups is 1. The van der Waals surface area contributed by atoms with E-state index in [0.717, 1.165) is 11.1 Å². The molecular formula is C21H22N4O2. The van der Waals surface area contributed by atoms with Crippen molar-refractivity contribution in [2.45, 2.75) is 0 Å². The number of carbonyl (C=O) groups excluding carboxylic acids is 1. The molecule has 1 aliphatic heterocycles. The first kappa shape index (κ1) is 17.0. The Hall–Kier alpha value is -3.41. The number of hydrogen-bond acceptors (Lipinski definition) is 5. The molecule has 0 aliphatic carbocycles. The Morgan fingerprint density at radius 2 is 1.63 bits per heavy atom. The number of hydrogen-bond donors (Lipinski definition) is 3. The third-order valence-electron chi connectivity index (χ3n) is 5.13. The van der Waals surface area contributed by atoms with Crippen LogP contribution in [0.2, 0.25) is 0 Å². The van der Waals surface area contributed by atoms with Crippen LogP contribution in [0.15, 0.2) is 54.6 Å². The van der Waals surface area contributed by atoms with Gasteiger partial charge in [0.2, 0.25) is 0 Å². The van der Waals surface area contributed by atoms with Gasteiger partial charge in [-0.3, -0.25) is 4.79 Å². The summed E-state index contributed by atoms with van der Waals surface area (Å²) in [6.45, 7) is 2.55. The highest BCUT2D eigenvalue weighted by molar-refractivity contribution is 6.03. The average Bonchev–Trinajstić information content (AvgIpc) is 2.70. The summed E-state index contributed by atoms with van der Waals surface area (Å²) in [5.41, 5.74) is 14.2. The summed E-state index contributed by atoms with van der Waals surface area (Å²) < 4.78 is 0. The van der Waals surface area contributed by atoms with Gasteiger partial charge in [-0.1, -0.05) is 30.3 Å². The molecule has 1 saturated heterocycles. The van der Waals surface area contributed by atoms with E-state index < -0.39 is 0 Å². The van der Waals surface area contributed by atoms with E-state index in [1.54, 1.807) is 17.0 Å². The van der Waals surface area contributed by atoms with Crippen LogP contribution in [0.5, 0.6) is 5.75 Å². The van der Waals surface area contributed by atoms with Crippen molar-refractivity contribution < 1.29 is 9.90 Å². The lowest BCUT2D eigenvalue weighted by Gasteiger charge is -2.36. The van der Waals surface area contributed by atoms with Crippen molar-refractivity contribution >= 4 is 33.7 Å². The number of nitrogen functional groups attached to an aromatic ring is 2. The monoisotopic (exact) mass is 362 g/mol. The first-order chi connectivity index (χ1) is 13.0. The Labute approximate surface area is 157 Å². The lowest BCUT2D eigenvalue weighted by atomic mass is 10.0. The summed E-state index contributed by atoms with van der Waals surface area (Å²) in [7, 11) is 0. The summed E-state index contributed by atoms with van der Waals surface area (Å²) in [6, 6.07) is 16.7. The highest BCUT2D eigenvalue weighted by Crippen LogP contribution is 2.30. The molecule has 6 heteroatoms. The zero-order valence-corrected chi connectivity index (χ0v) is 14.9. The van der Waals surface area contributed by atoms with Crippen LogP contribution in [0.4, 0.5) is 17.1 Å². The molecule has 138 valence electrons.